The molecule has 0 saturated heterocycles. The number of halogens is 2. The highest BCUT2D eigenvalue weighted by molar-refractivity contribution is 9.10. The minimum Gasteiger partial charge on any atom is -0.496 e. The third-order valence-corrected chi connectivity index (χ3v) is 6.83. The van der Waals surface area contributed by atoms with Gasteiger partial charge in [-0.3, -0.25) is 0 Å². The average molecular weight is 503 g/mol. The van der Waals surface area contributed by atoms with Crippen LogP contribution in [-0.4, -0.2) is 34.3 Å². The molecule has 2 aromatic carbocycles. The van der Waals surface area contributed by atoms with Crippen LogP contribution in [0.1, 0.15) is 5.56 Å². The Kier molecular flexibility index (Phi) is 6.15. The van der Waals surface area contributed by atoms with Crippen molar-refractivity contribution >= 4 is 43.5 Å². The number of aromatic nitrogens is 2. The maximum absolute atomic E-state index is 13.3. The number of thiophene rings is 1. The number of fused-ring (bicyclic) bond motifs is 1. The van der Waals surface area contributed by atoms with E-state index in [1.807, 2.05) is 12.1 Å². The van der Waals surface area contributed by atoms with Gasteiger partial charge in [0.15, 0.2) is 0 Å². The standard InChI is InChI=1S/C22H16BrFN2O4S/c1-29-15-5-3-2-4-13(15)10-16(22(27)28)30-20-17-18(23)19(31-21(17)26-11-25-20)12-6-8-14(24)9-7-12/h2-9,11,16H,10H2,1H3,(H,27,28). The topological polar surface area (TPSA) is 81.5 Å². The number of methoxy groups -OCH3 is 1. The number of carboxylic acid groups (broad SMARTS) is 1. The van der Waals surface area contributed by atoms with Crippen molar-refractivity contribution < 1.29 is 23.8 Å². The maximum atomic E-state index is 13.3. The van der Waals surface area contributed by atoms with E-state index in [1.165, 1.54) is 36.9 Å². The van der Waals surface area contributed by atoms with Gasteiger partial charge < -0.3 is 14.6 Å². The van der Waals surface area contributed by atoms with E-state index in [9.17, 15) is 14.3 Å². The van der Waals surface area contributed by atoms with E-state index in [0.29, 0.717) is 26.0 Å². The fraction of sp³-hybridized carbons (Fsp3) is 0.136. The summed E-state index contributed by atoms with van der Waals surface area (Å²) < 4.78 is 25.1. The first kappa shape index (κ1) is 21.2. The van der Waals surface area contributed by atoms with Crippen molar-refractivity contribution in [3.8, 4) is 22.1 Å². The Bertz CT molecular complexity index is 1250. The third kappa shape index (κ3) is 4.38. The lowest BCUT2D eigenvalue weighted by atomic mass is 10.1. The summed E-state index contributed by atoms with van der Waals surface area (Å²) in [5.41, 5.74) is 1.50. The molecule has 0 amide bonds. The van der Waals surface area contributed by atoms with Crippen LogP contribution in [0.3, 0.4) is 0 Å². The molecule has 0 spiro atoms. The van der Waals surface area contributed by atoms with Crippen LogP contribution in [0.5, 0.6) is 11.6 Å². The summed E-state index contributed by atoms with van der Waals surface area (Å²) in [7, 11) is 1.53. The summed E-state index contributed by atoms with van der Waals surface area (Å²) in [5, 5.41) is 10.3. The molecule has 0 bridgehead atoms. The number of aliphatic carboxylic acids is 1. The molecule has 0 fully saturated rings. The molecule has 9 heteroatoms. The molecule has 0 aliphatic rings. The molecule has 0 aliphatic carbocycles. The van der Waals surface area contributed by atoms with Crippen molar-refractivity contribution in [3.05, 3.63) is 70.7 Å². The Morgan fingerprint density at radius 2 is 1.94 bits per heavy atom. The molecule has 0 radical (unpaired) electrons. The van der Waals surface area contributed by atoms with Crippen LogP contribution in [0, 0.1) is 5.82 Å². The van der Waals surface area contributed by atoms with Crippen molar-refractivity contribution in [2.24, 2.45) is 0 Å². The first-order chi connectivity index (χ1) is 15.0. The number of nitrogens with zero attached hydrogens (tertiary/aromatic N) is 2. The Labute approximate surface area is 189 Å². The van der Waals surface area contributed by atoms with Gasteiger partial charge >= 0.3 is 5.97 Å². The van der Waals surface area contributed by atoms with Gasteiger partial charge in [0, 0.05) is 6.42 Å². The molecule has 1 atom stereocenters. The summed E-state index contributed by atoms with van der Waals surface area (Å²) >= 11 is 4.94. The number of para-hydroxylation sites is 1. The molecular weight excluding hydrogens is 487 g/mol. The highest BCUT2D eigenvalue weighted by atomic mass is 79.9. The monoisotopic (exact) mass is 502 g/mol. The molecule has 4 aromatic rings. The zero-order valence-electron chi connectivity index (χ0n) is 16.2. The van der Waals surface area contributed by atoms with Crippen molar-refractivity contribution in [2.75, 3.05) is 7.11 Å². The van der Waals surface area contributed by atoms with E-state index in [0.717, 1.165) is 10.4 Å². The molecule has 31 heavy (non-hydrogen) atoms. The number of ether oxygens (including phenoxy) is 2. The maximum Gasteiger partial charge on any atom is 0.345 e. The first-order valence-electron chi connectivity index (χ1n) is 9.18. The zero-order chi connectivity index (χ0) is 22.0. The van der Waals surface area contributed by atoms with Gasteiger partial charge in [-0.05, 0) is 45.3 Å². The molecule has 0 aliphatic heterocycles. The zero-order valence-corrected chi connectivity index (χ0v) is 18.6. The Hall–Kier alpha value is -3.04. The SMILES string of the molecule is COc1ccccc1CC(Oc1ncnc2sc(-c3ccc(F)cc3)c(Br)c12)C(=O)O. The lowest BCUT2D eigenvalue weighted by molar-refractivity contribution is -0.145. The lowest BCUT2D eigenvalue weighted by Crippen LogP contribution is -2.30. The number of carbonyl (C=O) groups is 1. The molecule has 1 unspecified atom stereocenters. The molecule has 0 saturated carbocycles. The van der Waals surface area contributed by atoms with Crippen LogP contribution in [0.2, 0.25) is 0 Å². The Morgan fingerprint density at radius 3 is 2.65 bits per heavy atom. The second kappa shape index (κ2) is 8.99. The summed E-state index contributed by atoms with van der Waals surface area (Å²) in [4.78, 5) is 21.8. The molecule has 2 aromatic heterocycles. The fourth-order valence-corrected chi connectivity index (χ4v) is 5.13. The number of hydrogen-bond acceptors (Lipinski definition) is 6. The van der Waals surface area contributed by atoms with Gasteiger partial charge in [-0.25, -0.2) is 19.2 Å². The van der Waals surface area contributed by atoms with Crippen LogP contribution in [-0.2, 0) is 11.2 Å². The van der Waals surface area contributed by atoms with Gasteiger partial charge in [0.05, 0.1) is 21.8 Å². The van der Waals surface area contributed by atoms with E-state index in [4.69, 9.17) is 9.47 Å². The minimum atomic E-state index is -1.18. The summed E-state index contributed by atoms with van der Waals surface area (Å²) in [6.07, 6.45) is 0.240. The van der Waals surface area contributed by atoms with Crippen LogP contribution in [0.4, 0.5) is 4.39 Å². The van der Waals surface area contributed by atoms with E-state index < -0.39 is 12.1 Å². The van der Waals surface area contributed by atoms with Crippen molar-refractivity contribution in [1.29, 1.82) is 0 Å². The average Bonchev–Trinajstić information content (AvgIpc) is 3.11. The summed E-state index contributed by atoms with van der Waals surface area (Å²) in [6.45, 7) is 0. The van der Waals surface area contributed by atoms with Crippen molar-refractivity contribution in [2.45, 2.75) is 12.5 Å². The highest BCUT2D eigenvalue weighted by Gasteiger charge is 2.25. The Balaban J connectivity index is 1.71. The molecule has 158 valence electrons. The van der Waals surface area contributed by atoms with Gasteiger partial charge in [-0.1, -0.05) is 30.3 Å². The van der Waals surface area contributed by atoms with Crippen LogP contribution < -0.4 is 9.47 Å². The van der Waals surface area contributed by atoms with Gasteiger partial charge in [0.2, 0.25) is 12.0 Å². The third-order valence-electron chi connectivity index (χ3n) is 4.63. The number of hydrogen-bond donors (Lipinski definition) is 1. The second-order valence-corrected chi connectivity index (χ2v) is 8.36. The second-order valence-electron chi connectivity index (χ2n) is 6.57. The van der Waals surface area contributed by atoms with Crippen LogP contribution >= 0.6 is 27.3 Å². The van der Waals surface area contributed by atoms with Crippen LogP contribution in [0.25, 0.3) is 20.7 Å². The predicted molar refractivity (Wildman–Crippen MR) is 119 cm³/mol. The van der Waals surface area contributed by atoms with E-state index >= 15 is 0 Å². The molecule has 4 rings (SSSR count). The minimum absolute atomic E-state index is 0.0947. The Morgan fingerprint density at radius 1 is 1.19 bits per heavy atom. The molecular formula is C22H16BrFN2O4S. The first-order valence-corrected chi connectivity index (χ1v) is 10.8. The predicted octanol–water partition coefficient (Wildman–Crippen LogP) is 5.34. The summed E-state index contributed by atoms with van der Waals surface area (Å²) in [5.74, 6) is -0.711. The summed E-state index contributed by atoms with van der Waals surface area (Å²) in [6, 6.07) is 13.3. The van der Waals surface area contributed by atoms with Gasteiger partial charge in [0.25, 0.3) is 0 Å². The fourth-order valence-electron chi connectivity index (χ4n) is 3.14. The molecule has 1 N–H and O–H groups in total. The quantitative estimate of drug-likeness (QED) is 0.367. The highest BCUT2D eigenvalue weighted by Crippen LogP contribution is 2.44. The van der Waals surface area contributed by atoms with Crippen LogP contribution in [0.15, 0.2) is 59.3 Å². The van der Waals surface area contributed by atoms with Gasteiger partial charge in [-0.15, -0.1) is 11.3 Å². The van der Waals surface area contributed by atoms with Crippen molar-refractivity contribution in [1.82, 2.24) is 9.97 Å². The number of benzene rings is 2. The van der Waals surface area contributed by atoms with Crippen molar-refractivity contribution in [3.63, 3.8) is 0 Å². The molecule has 6 nitrogen and oxygen atoms in total. The molecule has 2 heterocycles. The van der Waals surface area contributed by atoms with Gasteiger partial charge in [0.1, 0.15) is 22.7 Å². The largest absolute Gasteiger partial charge is 0.496 e. The number of rotatable bonds is 7. The lowest BCUT2D eigenvalue weighted by Gasteiger charge is -2.16. The van der Waals surface area contributed by atoms with E-state index in [2.05, 4.69) is 25.9 Å². The van der Waals surface area contributed by atoms with E-state index in [-0.39, 0.29) is 18.1 Å². The normalized spacial score (nSPS) is 12.0. The van der Waals surface area contributed by atoms with Gasteiger partial charge in [-0.2, -0.15) is 0 Å². The smallest absolute Gasteiger partial charge is 0.345 e. The number of carboxylic acids is 1. The van der Waals surface area contributed by atoms with E-state index in [1.54, 1.807) is 24.3 Å².